The second-order valence-corrected chi connectivity index (χ2v) is 4.36. The van der Waals surface area contributed by atoms with E-state index < -0.39 is 12.0 Å². The van der Waals surface area contributed by atoms with E-state index in [1.54, 1.807) is 6.92 Å². The van der Waals surface area contributed by atoms with Crippen molar-refractivity contribution in [2.24, 2.45) is 5.92 Å². The van der Waals surface area contributed by atoms with Crippen molar-refractivity contribution in [3.63, 3.8) is 0 Å². The molecule has 0 bridgehead atoms. The van der Waals surface area contributed by atoms with E-state index in [0.29, 0.717) is 12.5 Å². The number of rotatable bonds is 8. The standard InChI is InChI=1S/C12H23N3O4/c1-4-19-11(17)8-15-12(18)13-6-5-10(16)14-7-9(2)3/h9H,4-8H2,1-3H3,(H,14,16)(H2,13,15,18). The van der Waals surface area contributed by atoms with Crippen LogP contribution in [0.1, 0.15) is 27.2 Å². The molecule has 110 valence electrons. The van der Waals surface area contributed by atoms with Crippen LogP contribution in [0.15, 0.2) is 0 Å². The first-order chi connectivity index (χ1) is 8.95. The normalized spacial score (nSPS) is 9.89. The van der Waals surface area contributed by atoms with Crippen molar-refractivity contribution < 1.29 is 19.1 Å². The Kier molecular flexibility index (Phi) is 9.20. The zero-order valence-corrected chi connectivity index (χ0v) is 11.7. The van der Waals surface area contributed by atoms with Gasteiger partial charge in [-0.2, -0.15) is 0 Å². The predicted molar refractivity (Wildman–Crippen MR) is 70.5 cm³/mol. The van der Waals surface area contributed by atoms with Crippen LogP contribution in [0, 0.1) is 5.92 Å². The summed E-state index contributed by atoms with van der Waals surface area (Å²) in [4.78, 5) is 33.5. The minimum Gasteiger partial charge on any atom is -0.465 e. The van der Waals surface area contributed by atoms with Gasteiger partial charge in [0.05, 0.1) is 6.61 Å². The third-order valence-electron chi connectivity index (χ3n) is 2.04. The van der Waals surface area contributed by atoms with E-state index in [9.17, 15) is 14.4 Å². The maximum atomic E-state index is 11.3. The van der Waals surface area contributed by atoms with Crippen LogP contribution >= 0.6 is 0 Å². The van der Waals surface area contributed by atoms with E-state index in [1.165, 1.54) is 0 Å². The van der Waals surface area contributed by atoms with Gasteiger partial charge in [0, 0.05) is 19.5 Å². The molecule has 0 aliphatic heterocycles. The maximum Gasteiger partial charge on any atom is 0.325 e. The van der Waals surface area contributed by atoms with Crippen LogP contribution in [-0.2, 0) is 14.3 Å². The molecule has 3 N–H and O–H groups in total. The summed E-state index contributed by atoms with van der Waals surface area (Å²) in [6, 6.07) is -0.496. The van der Waals surface area contributed by atoms with Crippen LogP contribution in [0.5, 0.6) is 0 Å². The Hall–Kier alpha value is -1.79. The van der Waals surface area contributed by atoms with Crippen molar-refractivity contribution in [1.82, 2.24) is 16.0 Å². The summed E-state index contributed by atoms with van der Waals surface area (Å²) in [5, 5.41) is 7.55. The van der Waals surface area contributed by atoms with Crippen LogP contribution in [0.2, 0.25) is 0 Å². The van der Waals surface area contributed by atoms with Crippen molar-refractivity contribution in [3.8, 4) is 0 Å². The van der Waals surface area contributed by atoms with Gasteiger partial charge < -0.3 is 20.7 Å². The van der Waals surface area contributed by atoms with E-state index in [2.05, 4.69) is 20.7 Å². The molecular weight excluding hydrogens is 250 g/mol. The van der Waals surface area contributed by atoms with E-state index in [4.69, 9.17) is 0 Å². The first-order valence-electron chi connectivity index (χ1n) is 6.39. The van der Waals surface area contributed by atoms with Crippen LogP contribution < -0.4 is 16.0 Å². The smallest absolute Gasteiger partial charge is 0.325 e. The highest BCUT2D eigenvalue weighted by Gasteiger charge is 2.06. The average molecular weight is 273 g/mol. The van der Waals surface area contributed by atoms with Crippen LogP contribution in [0.25, 0.3) is 0 Å². The fraction of sp³-hybridized carbons (Fsp3) is 0.750. The van der Waals surface area contributed by atoms with Gasteiger partial charge in [0.1, 0.15) is 6.54 Å². The minimum absolute atomic E-state index is 0.112. The summed E-state index contributed by atoms with van der Waals surface area (Å²) >= 11 is 0. The van der Waals surface area contributed by atoms with Gasteiger partial charge >= 0.3 is 12.0 Å². The van der Waals surface area contributed by atoms with E-state index in [1.807, 2.05) is 13.8 Å². The minimum atomic E-state index is -0.496. The highest BCUT2D eigenvalue weighted by atomic mass is 16.5. The third-order valence-corrected chi connectivity index (χ3v) is 2.04. The molecule has 0 radical (unpaired) electrons. The molecule has 0 fully saturated rings. The summed E-state index contributed by atoms with van der Waals surface area (Å²) in [6.45, 7) is 6.63. The molecule has 7 heteroatoms. The fourth-order valence-corrected chi connectivity index (χ4v) is 1.12. The Labute approximate surface area is 113 Å². The molecular formula is C12H23N3O4. The summed E-state index contributed by atoms with van der Waals surface area (Å²) < 4.78 is 4.64. The SMILES string of the molecule is CCOC(=O)CNC(=O)NCCC(=O)NCC(C)C. The summed E-state index contributed by atoms with van der Waals surface area (Å²) in [7, 11) is 0. The third kappa shape index (κ3) is 11.1. The molecule has 0 aromatic rings. The lowest BCUT2D eigenvalue weighted by molar-refractivity contribution is -0.141. The van der Waals surface area contributed by atoms with Crippen molar-refractivity contribution in [3.05, 3.63) is 0 Å². The molecule has 0 spiro atoms. The molecule has 0 heterocycles. The summed E-state index contributed by atoms with van der Waals surface area (Å²) in [6.07, 6.45) is 0.208. The van der Waals surface area contributed by atoms with Gasteiger partial charge in [-0.1, -0.05) is 13.8 Å². The number of nitrogens with one attached hydrogen (secondary N) is 3. The second kappa shape index (κ2) is 10.2. The van der Waals surface area contributed by atoms with Gasteiger partial charge in [0.2, 0.25) is 5.91 Å². The molecule has 3 amide bonds. The number of esters is 1. The van der Waals surface area contributed by atoms with Gasteiger partial charge in [-0.3, -0.25) is 9.59 Å². The molecule has 0 rings (SSSR count). The lowest BCUT2D eigenvalue weighted by Gasteiger charge is -2.09. The largest absolute Gasteiger partial charge is 0.465 e. The number of carbonyl (C=O) groups excluding carboxylic acids is 3. The molecule has 0 unspecified atom stereocenters. The van der Waals surface area contributed by atoms with Crippen molar-refractivity contribution in [2.45, 2.75) is 27.2 Å². The van der Waals surface area contributed by atoms with E-state index >= 15 is 0 Å². The first-order valence-corrected chi connectivity index (χ1v) is 6.39. The number of hydrogen-bond donors (Lipinski definition) is 3. The highest BCUT2D eigenvalue weighted by molar-refractivity contribution is 5.81. The van der Waals surface area contributed by atoms with Gasteiger partial charge in [-0.25, -0.2) is 4.79 Å². The lowest BCUT2D eigenvalue weighted by atomic mass is 10.2. The van der Waals surface area contributed by atoms with Gasteiger partial charge in [0.25, 0.3) is 0 Å². The quantitative estimate of drug-likeness (QED) is 0.543. The lowest BCUT2D eigenvalue weighted by Crippen LogP contribution is -2.40. The molecule has 19 heavy (non-hydrogen) atoms. The van der Waals surface area contributed by atoms with E-state index in [0.717, 1.165) is 0 Å². The molecule has 7 nitrogen and oxygen atoms in total. The molecule has 0 aliphatic carbocycles. The number of carbonyl (C=O) groups is 3. The van der Waals surface area contributed by atoms with Gasteiger partial charge in [-0.15, -0.1) is 0 Å². The molecule has 0 aromatic heterocycles. The monoisotopic (exact) mass is 273 g/mol. The zero-order chi connectivity index (χ0) is 14.7. The molecule has 0 atom stereocenters. The molecule has 0 aliphatic rings. The molecule has 0 saturated carbocycles. The number of urea groups is 1. The second-order valence-electron chi connectivity index (χ2n) is 4.36. The first kappa shape index (κ1) is 17.2. The zero-order valence-electron chi connectivity index (χ0n) is 11.7. The maximum absolute atomic E-state index is 11.3. The number of ether oxygens (including phenoxy) is 1. The van der Waals surface area contributed by atoms with Crippen LogP contribution in [-0.4, -0.2) is 44.1 Å². The van der Waals surface area contributed by atoms with Crippen molar-refractivity contribution >= 4 is 17.9 Å². The number of hydrogen-bond acceptors (Lipinski definition) is 4. The molecule has 0 saturated heterocycles. The Morgan fingerprint density at radius 1 is 1.11 bits per heavy atom. The Morgan fingerprint density at radius 2 is 1.79 bits per heavy atom. The van der Waals surface area contributed by atoms with Crippen LogP contribution in [0.4, 0.5) is 4.79 Å². The van der Waals surface area contributed by atoms with Gasteiger partial charge in [0.15, 0.2) is 0 Å². The van der Waals surface area contributed by atoms with Crippen LogP contribution in [0.3, 0.4) is 0 Å². The number of amides is 3. The topological polar surface area (TPSA) is 96.5 Å². The van der Waals surface area contributed by atoms with Gasteiger partial charge in [-0.05, 0) is 12.8 Å². The highest BCUT2D eigenvalue weighted by Crippen LogP contribution is 1.87. The summed E-state index contributed by atoms with van der Waals surface area (Å²) in [5.74, 6) is -0.212. The predicted octanol–water partition coefficient (Wildman–Crippen LogP) is 0.0110. The Balaban J connectivity index is 3.57. The van der Waals surface area contributed by atoms with Crippen molar-refractivity contribution in [2.75, 3.05) is 26.2 Å². The van der Waals surface area contributed by atoms with E-state index in [-0.39, 0.29) is 32.0 Å². The summed E-state index contributed by atoms with van der Waals surface area (Å²) in [5.41, 5.74) is 0. The Bertz CT molecular complexity index is 305. The average Bonchev–Trinajstić information content (AvgIpc) is 2.34. The fourth-order valence-electron chi connectivity index (χ4n) is 1.12. The molecule has 0 aromatic carbocycles. The van der Waals surface area contributed by atoms with Crippen molar-refractivity contribution in [1.29, 1.82) is 0 Å². The Morgan fingerprint density at radius 3 is 2.37 bits per heavy atom.